The highest BCUT2D eigenvalue weighted by Crippen LogP contribution is 2.18. The van der Waals surface area contributed by atoms with Crippen molar-refractivity contribution < 1.29 is 4.79 Å². The number of nitrogens with zero attached hydrogens (tertiary/aromatic N) is 4. The van der Waals surface area contributed by atoms with E-state index in [4.69, 9.17) is 5.73 Å². The number of hydrogen-bond acceptors (Lipinski definition) is 5. The summed E-state index contributed by atoms with van der Waals surface area (Å²) in [5.74, 6) is -0.508. The standard InChI is InChI=1S/C5H5N5OS/c1-10-2(4(6)11)3-5(8-10)7-9-12-3/h1H3,(H2,6,11). The minimum Gasteiger partial charge on any atom is -0.364 e. The van der Waals surface area contributed by atoms with Gasteiger partial charge in [0.1, 0.15) is 10.4 Å². The summed E-state index contributed by atoms with van der Waals surface area (Å²) in [6.07, 6.45) is 0. The number of amides is 1. The molecule has 2 aromatic rings. The van der Waals surface area contributed by atoms with Crippen LogP contribution in [0, 0.1) is 0 Å². The average Bonchev–Trinajstić information content (AvgIpc) is 2.44. The fourth-order valence-electron chi connectivity index (χ4n) is 1.01. The molecule has 0 bridgehead atoms. The second-order valence-corrected chi connectivity index (χ2v) is 3.02. The van der Waals surface area contributed by atoms with Gasteiger partial charge in [0.05, 0.1) is 0 Å². The Balaban J connectivity index is 2.84. The van der Waals surface area contributed by atoms with Crippen molar-refractivity contribution in [3.63, 3.8) is 0 Å². The van der Waals surface area contributed by atoms with Gasteiger partial charge in [-0.3, -0.25) is 9.48 Å². The van der Waals surface area contributed by atoms with Crippen LogP contribution in [0.15, 0.2) is 0 Å². The van der Waals surface area contributed by atoms with E-state index in [0.29, 0.717) is 16.0 Å². The Morgan fingerprint density at radius 3 is 3.08 bits per heavy atom. The van der Waals surface area contributed by atoms with Crippen LogP contribution in [0.4, 0.5) is 0 Å². The number of nitrogens with two attached hydrogens (primary N) is 1. The topological polar surface area (TPSA) is 86.7 Å². The summed E-state index contributed by atoms with van der Waals surface area (Å²) in [7, 11) is 1.65. The lowest BCUT2D eigenvalue weighted by atomic mass is 10.4. The van der Waals surface area contributed by atoms with E-state index in [1.54, 1.807) is 7.05 Å². The first kappa shape index (κ1) is 7.17. The van der Waals surface area contributed by atoms with E-state index in [-0.39, 0.29) is 0 Å². The van der Waals surface area contributed by atoms with Crippen LogP contribution in [0.3, 0.4) is 0 Å². The SMILES string of the molecule is Cn1nc2nnsc2c1C(N)=O. The summed E-state index contributed by atoms with van der Waals surface area (Å²) in [5.41, 5.74) is 5.97. The fraction of sp³-hybridized carbons (Fsp3) is 0.200. The summed E-state index contributed by atoms with van der Waals surface area (Å²) in [6, 6.07) is 0. The van der Waals surface area contributed by atoms with Gasteiger partial charge in [0.25, 0.3) is 5.91 Å². The van der Waals surface area contributed by atoms with Gasteiger partial charge in [-0.15, -0.1) is 10.2 Å². The van der Waals surface area contributed by atoms with E-state index < -0.39 is 5.91 Å². The van der Waals surface area contributed by atoms with Crippen molar-refractivity contribution >= 4 is 27.8 Å². The molecule has 7 heteroatoms. The lowest BCUT2D eigenvalue weighted by Crippen LogP contribution is -2.15. The van der Waals surface area contributed by atoms with Crippen molar-refractivity contribution in [1.29, 1.82) is 0 Å². The molecule has 0 unspecified atom stereocenters. The Labute approximate surface area is 71.1 Å². The number of aryl methyl sites for hydroxylation is 1. The van der Waals surface area contributed by atoms with E-state index in [2.05, 4.69) is 14.7 Å². The van der Waals surface area contributed by atoms with Gasteiger partial charge in [0.2, 0.25) is 5.65 Å². The van der Waals surface area contributed by atoms with Gasteiger partial charge in [0, 0.05) is 7.05 Å². The first-order valence-corrected chi connectivity index (χ1v) is 3.92. The van der Waals surface area contributed by atoms with Gasteiger partial charge in [-0.2, -0.15) is 0 Å². The number of hydrogen-bond donors (Lipinski definition) is 1. The van der Waals surface area contributed by atoms with Gasteiger partial charge in [0.15, 0.2) is 0 Å². The Bertz CT molecular complexity index is 444. The number of carbonyl (C=O) groups is 1. The predicted octanol–water partition coefficient (Wildman–Crippen LogP) is -0.476. The minimum absolute atomic E-state index is 0.361. The highest BCUT2D eigenvalue weighted by atomic mass is 32.1. The van der Waals surface area contributed by atoms with Crippen LogP contribution in [0.5, 0.6) is 0 Å². The molecular formula is C5H5N5OS. The molecule has 62 valence electrons. The van der Waals surface area contributed by atoms with E-state index in [1.165, 1.54) is 4.68 Å². The first-order chi connectivity index (χ1) is 5.70. The molecule has 6 nitrogen and oxygen atoms in total. The summed E-state index contributed by atoms with van der Waals surface area (Å²) in [6.45, 7) is 0. The lowest BCUT2D eigenvalue weighted by Gasteiger charge is -1.92. The van der Waals surface area contributed by atoms with Crippen LogP contribution in [0.2, 0.25) is 0 Å². The Morgan fingerprint density at radius 2 is 2.42 bits per heavy atom. The molecule has 0 aromatic carbocycles. The molecule has 0 aliphatic heterocycles. The normalized spacial score (nSPS) is 10.8. The molecular weight excluding hydrogens is 178 g/mol. The first-order valence-electron chi connectivity index (χ1n) is 3.15. The molecule has 0 saturated heterocycles. The Kier molecular flexibility index (Phi) is 1.34. The quantitative estimate of drug-likeness (QED) is 0.647. The molecule has 2 rings (SSSR count). The Hall–Kier alpha value is -1.50. The van der Waals surface area contributed by atoms with Crippen molar-refractivity contribution in [1.82, 2.24) is 19.4 Å². The summed E-state index contributed by atoms with van der Waals surface area (Å²) in [4.78, 5) is 10.9. The molecule has 0 radical (unpaired) electrons. The summed E-state index contributed by atoms with van der Waals surface area (Å²) in [5, 5.41) is 7.66. The molecule has 0 saturated carbocycles. The highest BCUT2D eigenvalue weighted by molar-refractivity contribution is 7.13. The molecule has 0 fully saturated rings. The fourth-order valence-corrected chi connectivity index (χ4v) is 1.69. The Morgan fingerprint density at radius 1 is 1.67 bits per heavy atom. The van der Waals surface area contributed by atoms with E-state index in [9.17, 15) is 4.79 Å². The monoisotopic (exact) mass is 183 g/mol. The average molecular weight is 183 g/mol. The van der Waals surface area contributed by atoms with Crippen LogP contribution in [0.25, 0.3) is 10.3 Å². The molecule has 0 atom stereocenters. The zero-order valence-electron chi connectivity index (χ0n) is 6.18. The smallest absolute Gasteiger partial charge is 0.268 e. The molecule has 1 amide bonds. The third-order valence-electron chi connectivity index (χ3n) is 1.49. The van der Waals surface area contributed by atoms with Crippen molar-refractivity contribution in [2.45, 2.75) is 0 Å². The van der Waals surface area contributed by atoms with Crippen molar-refractivity contribution in [2.24, 2.45) is 12.8 Å². The highest BCUT2D eigenvalue weighted by Gasteiger charge is 2.16. The molecule has 12 heavy (non-hydrogen) atoms. The molecule has 0 aliphatic rings. The minimum atomic E-state index is -0.508. The molecule has 0 aliphatic carbocycles. The van der Waals surface area contributed by atoms with Crippen molar-refractivity contribution in [3.8, 4) is 0 Å². The number of fused-ring (bicyclic) bond motifs is 1. The maximum absolute atomic E-state index is 10.9. The van der Waals surface area contributed by atoms with Crippen LogP contribution in [-0.4, -0.2) is 25.3 Å². The summed E-state index contributed by atoms with van der Waals surface area (Å²) >= 11 is 1.12. The third kappa shape index (κ3) is 0.797. The number of primary amides is 1. The zero-order valence-corrected chi connectivity index (χ0v) is 7.00. The molecule has 2 heterocycles. The third-order valence-corrected chi connectivity index (χ3v) is 2.21. The van der Waals surface area contributed by atoms with Gasteiger partial charge < -0.3 is 5.73 Å². The number of aromatic nitrogens is 4. The zero-order chi connectivity index (χ0) is 8.72. The maximum Gasteiger partial charge on any atom is 0.268 e. The molecule has 2 N–H and O–H groups in total. The second-order valence-electron chi connectivity index (χ2n) is 2.26. The van der Waals surface area contributed by atoms with Crippen LogP contribution in [-0.2, 0) is 7.05 Å². The predicted molar refractivity (Wildman–Crippen MR) is 42.7 cm³/mol. The molecule has 0 spiro atoms. The van der Waals surface area contributed by atoms with Gasteiger partial charge in [-0.25, -0.2) is 0 Å². The number of carbonyl (C=O) groups excluding carboxylic acids is 1. The van der Waals surface area contributed by atoms with E-state index in [1.807, 2.05) is 0 Å². The van der Waals surface area contributed by atoms with E-state index in [0.717, 1.165) is 11.5 Å². The summed E-state index contributed by atoms with van der Waals surface area (Å²) < 4.78 is 5.71. The van der Waals surface area contributed by atoms with E-state index >= 15 is 0 Å². The van der Waals surface area contributed by atoms with Crippen LogP contribution in [0.1, 0.15) is 10.5 Å². The maximum atomic E-state index is 10.9. The second kappa shape index (κ2) is 2.24. The number of rotatable bonds is 1. The van der Waals surface area contributed by atoms with Gasteiger partial charge >= 0.3 is 0 Å². The lowest BCUT2D eigenvalue weighted by molar-refractivity contribution is 0.0993. The van der Waals surface area contributed by atoms with Crippen molar-refractivity contribution in [3.05, 3.63) is 5.69 Å². The van der Waals surface area contributed by atoms with Crippen LogP contribution >= 0.6 is 11.5 Å². The van der Waals surface area contributed by atoms with Gasteiger partial charge in [-0.05, 0) is 11.5 Å². The van der Waals surface area contributed by atoms with Gasteiger partial charge in [-0.1, -0.05) is 4.49 Å². The molecule has 2 aromatic heterocycles. The van der Waals surface area contributed by atoms with Crippen LogP contribution < -0.4 is 5.73 Å². The largest absolute Gasteiger partial charge is 0.364 e. The van der Waals surface area contributed by atoms with Crippen molar-refractivity contribution in [2.75, 3.05) is 0 Å².